The SMILES string of the molecule is C/C=C\CCC[C@H]1CC[C@H](C2CCCCC2)CC1. The minimum absolute atomic E-state index is 1.06. The molecule has 2 aliphatic carbocycles. The fourth-order valence-corrected chi connectivity index (χ4v) is 4.24. The van der Waals surface area contributed by atoms with E-state index in [1.165, 1.54) is 51.4 Å². The largest absolute Gasteiger partial charge is 0.0917 e. The van der Waals surface area contributed by atoms with Gasteiger partial charge in [-0.2, -0.15) is 0 Å². The summed E-state index contributed by atoms with van der Waals surface area (Å²) in [5.41, 5.74) is 0. The first-order valence-electron chi connectivity index (χ1n) is 8.51. The quantitative estimate of drug-likeness (QED) is 0.406. The lowest BCUT2D eigenvalue weighted by Gasteiger charge is -2.36. The summed E-state index contributed by atoms with van der Waals surface area (Å²) in [5, 5.41) is 0. The highest BCUT2D eigenvalue weighted by molar-refractivity contribution is 4.81. The summed E-state index contributed by atoms with van der Waals surface area (Å²) in [7, 11) is 0. The smallest absolute Gasteiger partial charge is 0.0351 e. The Hall–Kier alpha value is -0.260. The van der Waals surface area contributed by atoms with Gasteiger partial charge in [0.1, 0.15) is 0 Å². The molecule has 2 saturated carbocycles. The molecule has 2 rings (SSSR count). The Kier molecular flexibility index (Phi) is 6.31. The summed E-state index contributed by atoms with van der Waals surface area (Å²) in [5.74, 6) is 3.29. The van der Waals surface area contributed by atoms with Crippen molar-refractivity contribution < 1.29 is 0 Å². The molecule has 0 radical (unpaired) electrons. The van der Waals surface area contributed by atoms with Gasteiger partial charge < -0.3 is 0 Å². The van der Waals surface area contributed by atoms with Gasteiger partial charge in [-0.25, -0.2) is 0 Å². The molecular formula is C18H32. The molecule has 0 aromatic rings. The zero-order valence-corrected chi connectivity index (χ0v) is 12.4. The van der Waals surface area contributed by atoms with Gasteiger partial charge in [0.15, 0.2) is 0 Å². The maximum Gasteiger partial charge on any atom is -0.0351 e. The fraction of sp³-hybridized carbons (Fsp3) is 0.889. The van der Waals surface area contributed by atoms with Crippen LogP contribution in [0.2, 0.25) is 0 Å². The molecule has 0 aliphatic heterocycles. The van der Waals surface area contributed by atoms with Crippen LogP contribution in [-0.4, -0.2) is 0 Å². The lowest BCUT2D eigenvalue weighted by atomic mass is 9.70. The second kappa shape index (κ2) is 8.02. The van der Waals surface area contributed by atoms with Gasteiger partial charge in [-0.15, -0.1) is 0 Å². The molecule has 2 aliphatic rings. The Morgan fingerprint density at radius 3 is 2.17 bits per heavy atom. The van der Waals surface area contributed by atoms with Crippen LogP contribution in [0, 0.1) is 17.8 Å². The van der Waals surface area contributed by atoms with Crippen LogP contribution in [0.5, 0.6) is 0 Å². The molecular weight excluding hydrogens is 216 g/mol. The van der Waals surface area contributed by atoms with Gasteiger partial charge >= 0.3 is 0 Å². The van der Waals surface area contributed by atoms with E-state index in [4.69, 9.17) is 0 Å². The standard InChI is InChI=1S/C18H32/c1-2-3-4-6-9-16-12-14-18(15-13-16)17-10-7-5-8-11-17/h2-3,16-18H,4-15H2,1H3/b3-2-/t16-,18-. The monoisotopic (exact) mass is 248 g/mol. The van der Waals surface area contributed by atoms with Crippen molar-refractivity contribution in [2.24, 2.45) is 17.8 Å². The van der Waals surface area contributed by atoms with E-state index in [9.17, 15) is 0 Å². The highest BCUT2D eigenvalue weighted by Gasteiger charge is 2.28. The molecule has 2 fully saturated rings. The van der Waals surface area contributed by atoms with Crippen molar-refractivity contribution in [2.75, 3.05) is 0 Å². The van der Waals surface area contributed by atoms with E-state index in [0.29, 0.717) is 0 Å². The zero-order valence-electron chi connectivity index (χ0n) is 12.4. The minimum Gasteiger partial charge on any atom is -0.0917 e. The summed E-state index contributed by atoms with van der Waals surface area (Å²) in [6.07, 6.45) is 22.6. The van der Waals surface area contributed by atoms with E-state index in [-0.39, 0.29) is 0 Å². The maximum atomic E-state index is 2.33. The van der Waals surface area contributed by atoms with Gasteiger partial charge in [0, 0.05) is 0 Å². The summed E-state index contributed by atoms with van der Waals surface area (Å²) in [6.45, 7) is 2.13. The first-order chi connectivity index (χ1) is 8.90. The lowest BCUT2D eigenvalue weighted by Crippen LogP contribution is -2.23. The van der Waals surface area contributed by atoms with E-state index in [1.54, 1.807) is 25.7 Å². The number of hydrogen-bond donors (Lipinski definition) is 0. The molecule has 0 saturated heterocycles. The van der Waals surface area contributed by atoms with Crippen LogP contribution in [0.25, 0.3) is 0 Å². The van der Waals surface area contributed by atoms with E-state index in [1.807, 2.05) is 0 Å². The Bertz CT molecular complexity index is 226. The molecule has 0 N–H and O–H groups in total. The average molecular weight is 248 g/mol. The molecule has 0 aromatic heterocycles. The number of hydrogen-bond acceptors (Lipinski definition) is 0. The number of unbranched alkanes of at least 4 members (excludes halogenated alkanes) is 1. The molecule has 0 aromatic carbocycles. The number of rotatable bonds is 5. The zero-order chi connectivity index (χ0) is 12.6. The van der Waals surface area contributed by atoms with Gasteiger partial charge in [-0.05, 0) is 50.4 Å². The van der Waals surface area contributed by atoms with Gasteiger partial charge in [0.05, 0.1) is 0 Å². The maximum absolute atomic E-state index is 2.33. The van der Waals surface area contributed by atoms with E-state index >= 15 is 0 Å². The highest BCUT2D eigenvalue weighted by atomic mass is 14.3. The van der Waals surface area contributed by atoms with Crippen molar-refractivity contribution >= 4 is 0 Å². The Balaban J connectivity index is 1.61. The molecule has 18 heavy (non-hydrogen) atoms. The van der Waals surface area contributed by atoms with Crippen molar-refractivity contribution in [3.05, 3.63) is 12.2 Å². The molecule has 0 unspecified atom stereocenters. The topological polar surface area (TPSA) is 0 Å². The second-order valence-corrected chi connectivity index (χ2v) is 6.68. The normalized spacial score (nSPS) is 30.9. The van der Waals surface area contributed by atoms with E-state index in [0.717, 1.165) is 17.8 Å². The third-order valence-corrected chi connectivity index (χ3v) is 5.43. The van der Waals surface area contributed by atoms with Gasteiger partial charge in [-0.3, -0.25) is 0 Å². The van der Waals surface area contributed by atoms with Crippen LogP contribution >= 0.6 is 0 Å². The summed E-state index contributed by atoms with van der Waals surface area (Å²) in [4.78, 5) is 0. The average Bonchev–Trinajstić information content (AvgIpc) is 2.45. The molecule has 0 atom stereocenters. The van der Waals surface area contributed by atoms with Crippen LogP contribution in [0.15, 0.2) is 12.2 Å². The van der Waals surface area contributed by atoms with Crippen molar-refractivity contribution in [2.45, 2.75) is 84.0 Å². The fourth-order valence-electron chi connectivity index (χ4n) is 4.24. The third-order valence-electron chi connectivity index (χ3n) is 5.43. The molecule has 0 amide bonds. The summed E-state index contributed by atoms with van der Waals surface area (Å²) < 4.78 is 0. The molecule has 0 heteroatoms. The van der Waals surface area contributed by atoms with Gasteiger partial charge in [0.25, 0.3) is 0 Å². The Labute approximate surface area is 114 Å². The van der Waals surface area contributed by atoms with Crippen LogP contribution in [0.1, 0.15) is 84.0 Å². The van der Waals surface area contributed by atoms with Crippen molar-refractivity contribution in [1.29, 1.82) is 0 Å². The molecule has 0 bridgehead atoms. The molecule has 104 valence electrons. The first kappa shape index (κ1) is 14.2. The highest BCUT2D eigenvalue weighted by Crippen LogP contribution is 2.40. The van der Waals surface area contributed by atoms with Gasteiger partial charge in [-0.1, -0.05) is 63.5 Å². The first-order valence-corrected chi connectivity index (χ1v) is 8.51. The predicted octanol–water partition coefficient (Wildman–Crippen LogP) is 6.12. The van der Waals surface area contributed by atoms with E-state index < -0.39 is 0 Å². The molecule has 0 heterocycles. The molecule has 0 spiro atoms. The van der Waals surface area contributed by atoms with Crippen LogP contribution in [0.3, 0.4) is 0 Å². The minimum atomic E-state index is 1.06. The summed E-state index contributed by atoms with van der Waals surface area (Å²) >= 11 is 0. The Morgan fingerprint density at radius 2 is 1.50 bits per heavy atom. The van der Waals surface area contributed by atoms with Crippen LogP contribution in [0.4, 0.5) is 0 Å². The van der Waals surface area contributed by atoms with Crippen molar-refractivity contribution in [3.8, 4) is 0 Å². The lowest BCUT2D eigenvalue weighted by molar-refractivity contribution is 0.163. The van der Waals surface area contributed by atoms with Crippen molar-refractivity contribution in [3.63, 3.8) is 0 Å². The van der Waals surface area contributed by atoms with Gasteiger partial charge in [0.2, 0.25) is 0 Å². The summed E-state index contributed by atoms with van der Waals surface area (Å²) in [6, 6.07) is 0. The Morgan fingerprint density at radius 1 is 0.833 bits per heavy atom. The van der Waals surface area contributed by atoms with Crippen LogP contribution in [-0.2, 0) is 0 Å². The molecule has 0 nitrogen and oxygen atoms in total. The van der Waals surface area contributed by atoms with E-state index in [2.05, 4.69) is 19.1 Å². The predicted molar refractivity (Wildman–Crippen MR) is 80.7 cm³/mol. The second-order valence-electron chi connectivity index (χ2n) is 6.68. The van der Waals surface area contributed by atoms with Crippen molar-refractivity contribution in [1.82, 2.24) is 0 Å². The van der Waals surface area contributed by atoms with Crippen LogP contribution < -0.4 is 0 Å². The number of allylic oxidation sites excluding steroid dienone is 2. The third kappa shape index (κ3) is 4.44.